The third-order valence-corrected chi connectivity index (χ3v) is 6.52. The second-order valence-electron chi connectivity index (χ2n) is 7.15. The molecule has 0 radical (unpaired) electrons. The average Bonchev–Trinajstić information content (AvgIpc) is 3.33. The van der Waals surface area contributed by atoms with E-state index in [-0.39, 0.29) is 10.8 Å². The summed E-state index contributed by atoms with van der Waals surface area (Å²) < 4.78 is 37.6. The van der Waals surface area contributed by atoms with E-state index in [1.54, 1.807) is 4.90 Å². The van der Waals surface area contributed by atoms with Crippen molar-refractivity contribution in [3.05, 3.63) is 57.3 Å². The summed E-state index contributed by atoms with van der Waals surface area (Å²) in [7, 11) is 0. The van der Waals surface area contributed by atoms with Gasteiger partial charge in [-0.25, -0.2) is 0 Å². The lowest BCUT2D eigenvalue weighted by molar-refractivity contribution is -0.0882. The molecule has 1 saturated heterocycles. The van der Waals surface area contributed by atoms with Crippen LogP contribution in [0, 0.1) is 0 Å². The number of nitrogens with zero attached hydrogens (tertiary/aromatic N) is 2. The lowest BCUT2D eigenvalue weighted by Gasteiger charge is -2.37. The summed E-state index contributed by atoms with van der Waals surface area (Å²) in [5.74, 6) is -2.21. The molecule has 0 unspecified atom stereocenters. The first kappa shape index (κ1) is 19.1. The molecule has 1 aliphatic carbocycles. The van der Waals surface area contributed by atoms with Gasteiger partial charge in [0.2, 0.25) is 0 Å². The van der Waals surface area contributed by atoms with Gasteiger partial charge >= 0.3 is 6.18 Å². The Morgan fingerprint density at radius 3 is 2.04 bits per heavy atom. The molecule has 1 aromatic heterocycles. The quantitative estimate of drug-likeness (QED) is 0.731. The van der Waals surface area contributed by atoms with Crippen LogP contribution in [0.25, 0.3) is 0 Å². The van der Waals surface area contributed by atoms with Crippen LogP contribution < -0.4 is 0 Å². The number of benzene rings is 1. The standard InChI is InChI=1S/C20H19F3N2O2S/c21-20(22,23)18(26)16-5-6-17(28-16)19(27)25-9-7-24(8-10-25)15-11-13-3-1-2-4-14(13)12-15/h1-6,15H,7-12H2. The predicted molar refractivity (Wildman–Crippen MR) is 99.8 cm³/mol. The van der Waals surface area contributed by atoms with E-state index in [1.165, 1.54) is 17.2 Å². The van der Waals surface area contributed by atoms with Crippen LogP contribution in [0.5, 0.6) is 0 Å². The highest BCUT2D eigenvalue weighted by molar-refractivity contribution is 7.16. The molecule has 0 saturated carbocycles. The number of piperazine rings is 1. The Kier molecular flexibility index (Phi) is 5.01. The number of amides is 1. The maximum atomic E-state index is 12.6. The normalized spacial score (nSPS) is 18.3. The lowest BCUT2D eigenvalue weighted by Crippen LogP contribution is -2.52. The van der Waals surface area contributed by atoms with Crippen molar-refractivity contribution in [2.75, 3.05) is 26.2 Å². The molecule has 1 aliphatic heterocycles. The summed E-state index contributed by atoms with van der Waals surface area (Å²) in [6, 6.07) is 11.3. The number of alkyl halides is 3. The highest BCUT2D eigenvalue weighted by Crippen LogP contribution is 2.28. The van der Waals surface area contributed by atoms with E-state index in [9.17, 15) is 22.8 Å². The van der Waals surface area contributed by atoms with Gasteiger partial charge in [-0.1, -0.05) is 24.3 Å². The van der Waals surface area contributed by atoms with Crippen LogP contribution in [0.2, 0.25) is 0 Å². The molecule has 4 rings (SSSR count). The highest BCUT2D eigenvalue weighted by atomic mass is 32.1. The van der Waals surface area contributed by atoms with Gasteiger partial charge in [-0.05, 0) is 36.1 Å². The molecule has 2 heterocycles. The van der Waals surface area contributed by atoms with Crippen LogP contribution in [0.15, 0.2) is 36.4 Å². The molecule has 4 nitrogen and oxygen atoms in total. The van der Waals surface area contributed by atoms with E-state index in [0.29, 0.717) is 30.5 Å². The number of thiophene rings is 1. The Morgan fingerprint density at radius 2 is 1.46 bits per heavy atom. The van der Waals surface area contributed by atoms with E-state index in [4.69, 9.17) is 0 Å². The van der Waals surface area contributed by atoms with Crippen molar-refractivity contribution in [2.45, 2.75) is 25.1 Å². The van der Waals surface area contributed by atoms with Crippen molar-refractivity contribution in [1.82, 2.24) is 9.80 Å². The molecule has 28 heavy (non-hydrogen) atoms. The van der Waals surface area contributed by atoms with Gasteiger partial charge in [0.1, 0.15) is 0 Å². The molecule has 2 aromatic rings. The number of halogens is 3. The lowest BCUT2D eigenvalue weighted by atomic mass is 10.1. The maximum Gasteiger partial charge on any atom is 0.455 e. The van der Waals surface area contributed by atoms with Gasteiger partial charge in [-0.15, -0.1) is 11.3 Å². The van der Waals surface area contributed by atoms with Gasteiger partial charge in [0.15, 0.2) is 0 Å². The van der Waals surface area contributed by atoms with Crippen LogP contribution in [-0.4, -0.2) is 59.9 Å². The van der Waals surface area contributed by atoms with Crippen LogP contribution in [0.3, 0.4) is 0 Å². The molecule has 1 aromatic carbocycles. The summed E-state index contributed by atoms with van der Waals surface area (Å²) in [5, 5.41) is 0. The van der Waals surface area contributed by atoms with Crippen molar-refractivity contribution >= 4 is 23.0 Å². The topological polar surface area (TPSA) is 40.6 Å². The highest BCUT2D eigenvalue weighted by Gasteiger charge is 2.40. The minimum atomic E-state index is -4.92. The van der Waals surface area contributed by atoms with Crippen LogP contribution in [-0.2, 0) is 12.8 Å². The van der Waals surface area contributed by atoms with Gasteiger partial charge < -0.3 is 4.90 Å². The number of hydrogen-bond donors (Lipinski definition) is 0. The first-order chi connectivity index (χ1) is 13.3. The number of Topliss-reactive ketones (excluding diaryl/α,β-unsaturated/α-hetero) is 1. The Hall–Kier alpha value is -2.19. The fraction of sp³-hybridized carbons (Fsp3) is 0.400. The molecule has 8 heteroatoms. The smallest absolute Gasteiger partial charge is 0.335 e. The van der Waals surface area contributed by atoms with E-state index in [2.05, 4.69) is 29.2 Å². The first-order valence-electron chi connectivity index (χ1n) is 9.14. The number of hydrogen-bond acceptors (Lipinski definition) is 4. The van der Waals surface area contributed by atoms with Crippen LogP contribution in [0.1, 0.15) is 30.5 Å². The van der Waals surface area contributed by atoms with Crippen LogP contribution >= 0.6 is 11.3 Å². The number of carbonyl (C=O) groups is 2. The minimum absolute atomic E-state index is 0.175. The van der Waals surface area contributed by atoms with Crippen molar-refractivity contribution < 1.29 is 22.8 Å². The van der Waals surface area contributed by atoms with Crippen molar-refractivity contribution in [3.8, 4) is 0 Å². The molecule has 1 fully saturated rings. The van der Waals surface area contributed by atoms with Crippen molar-refractivity contribution in [3.63, 3.8) is 0 Å². The summed E-state index contributed by atoms with van der Waals surface area (Å²) >= 11 is 0.613. The van der Waals surface area contributed by atoms with Gasteiger partial charge in [-0.2, -0.15) is 13.2 Å². The second kappa shape index (κ2) is 7.33. The third-order valence-electron chi connectivity index (χ3n) is 5.45. The van der Waals surface area contributed by atoms with Gasteiger partial charge in [-0.3, -0.25) is 14.5 Å². The molecule has 0 bridgehead atoms. The molecule has 1 amide bonds. The maximum absolute atomic E-state index is 12.6. The van der Waals surface area contributed by atoms with Crippen molar-refractivity contribution in [2.24, 2.45) is 0 Å². The zero-order valence-corrected chi connectivity index (χ0v) is 15.9. The van der Waals surface area contributed by atoms with Crippen molar-refractivity contribution in [1.29, 1.82) is 0 Å². The summed E-state index contributed by atoms with van der Waals surface area (Å²) in [4.78, 5) is 27.7. The molecule has 148 valence electrons. The fourth-order valence-corrected chi connectivity index (χ4v) is 4.89. The largest absolute Gasteiger partial charge is 0.455 e. The molecule has 0 atom stereocenters. The predicted octanol–water partition coefficient (Wildman–Crippen LogP) is 3.42. The SMILES string of the molecule is O=C(c1ccc(C(=O)C(F)(F)F)s1)N1CCN(C2Cc3ccccc3C2)CC1. The third kappa shape index (κ3) is 3.71. The summed E-state index contributed by atoms with van der Waals surface area (Å²) in [6.45, 7) is 2.55. The average molecular weight is 408 g/mol. The summed E-state index contributed by atoms with van der Waals surface area (Å²) in [5.41, 5.74) is 2.76. The van der Waals surface area contributed by atoms with E-state index in [0.717, 1.165) is 32.0 Å². The Bertz CT molecular complexity index is 876. The zero-order valence-electron chi connectivity index (χ0n) is 15.0. The van der Waals surface area contributed by atoms with E-state index < -0.39 is 16.8 Å². The molecule has 0 spiro atoms. The van der Waals surface area contributed by atoms with E-state index >= 15 is 0 Å². The van der Waals surface area contributed by atoms with E-state index in [1.807, 2.05) is 0 Å². The fourth-order valence-electron chi connectivity index (χ4n) is 3.95. The zero-order chi connectivity index (χ0) is 19.9. The summed E-state index contributed by atoms with van der Waals surface area (Å²) in [6.07, 6.45) is -2.90. The number of ketones is 1. The number of carbonyl (C=O) groups excluding carboxylic acids is 2. The Labute approximate surface area is 164 Å². The van der Waals surface area contributed by atoms with Gasteiger partial charge in [0.05, 0.1) is 9.75 Å². The molecular formula is C20H19F3N2O2S. The monoisotopic (exact) mass is 408 g/mol. The van der Waals surface area contributed by atoms with Crippen LogP contribution in [0.4, 0.5) is 13.2 Å². The van der Waals surface area contributed by atoms with Gasteiger partial charge in [0.25, 0.3) is 11.7 Å². The number of rotatable bonds is 3. The first-order valence-corrected chi connectivity index (χ1v) is 9.96. The molecule has 0 N–H and O–H groups in total. The molecular weight excluding hydrogens is 389 g/mol. The Balaban J connectivity index is 1.35. The Morgan fingerprint density at radius 1 is 0.893 bits per heavy atom. The van der Waals surface area contributed by atoms with Gasteiger partial charge in [0, 0.05) is 32.2 Å². The number of fused-ring (bicyclic) bond motifs is 1. The second-order valence-corrected chi connectivity index (χ2v) is 8.23. The minimum Gasteiger partial charge on any atom is -0.335 e. The molecule has 2 aliphatic rings.